The third-order valence-corrected chi connectivity index (χ3v) is 4.80. The molecule has 2 heterocycles. The molecule has 0 bridgehead atoms. The third-order valence-electron chi connectivity index (χ3n) is 4.80. The number of carbonyl (C=O) groups is 1. The molecule has 4 rings (SSSR count). The van der Waals surface area contributed by atoms with Crippen molar-refractivity contribution >= 4 is 22.6 Å². The topological polar surface area (TPSA) is 78.4 Å². The number of anilines is 1. The molecule has 0 aliphatic carbocycles. The lowest BCUT2D eigenvalue weighted by Gasteiger charge is -2.30. The van der Waals surface area contributed by atoms with Gasteiger partial charge in [0, 0.05) is 36.7 Å². The van der Waals surface area contributed by atoms with E-state index in [2.05, 4.69) is 20.2 Å². The Balaban J connectivity index is 1.46. The number of likely N-dealkylation sites (tertiary alicyclic amines) is 1. The average molecular weight is 362 g/mol. The summed E-state index contributed by atoms with van der Waals surface area (Å²) in [5, 5.41) is 12.8. The Morgan fingerprint density at radius 1 is 1.15 bits per heavy atom. The van der Waals surface area contributed by atoms with Gasteiger partial charge in [0.25, 0.3) is 5.91 Å². The minimum absolute atomic E-state index is 0.154. The van der Waals surface area contributed by atoms with Gasteiger partial charge in [-0.25, -0.2) is 0 Å². The largest absolute Gasteiger partial charge is 0.392 e. The van der Waals surface area contributed by atoms with Crippen molar-refractivity contribution in [1.82, 2.24) is 14.9 Å². The fraction of sp³-hybridized carbons (Fsp3) is 0.286. The highest BCUT2D eigenvalue weighted by atomic mass is 16.3. The number of hydrogen-bond donors (Lipinski definition) is 2. The quantitative estimate of drug-likeness (QED) is 0.746. The van der Waals surface area contributed by atoms with Crippen LogP contribution < -0.4 is 5.32 Å². The lowest BCUT2D eigenvalue weighted by molar-refractivity contribution is 0.0668. The van der Waals surface area contributed by atoms with Crippen molar-refractivity contribution < 1.29 is 9.90 Å². The summed E-state index contributed by atoms with van der Waals surface area (Å²) in [7, 11) is 0. The number of aliphatic hydroxyl groups excluding tert-OH is 1. The Morgan fingerprint density at radius 3 is 2.85 bits per heavy atom. The van der Waals surface area contributed by atoms with Gasteiger partial charge in [-0.2, -0.15) is 0 Å². The molecule has 0 radical (unpaired) electrons. The SMILES string of the molecule is O=C(Nc1ccc2nccnc2c1)c1cccc(CN2CCC[C@H](O)C2)c1. The second-order valence-corrected chi connectivity index (χ2v) is 6.95. The van der Waals surface area contributed by atoms with Gasteiger partial charge in [0.2, 0.25) is 0 Å². The van der Waals surface area contributed by atoms with Gasteiger partial charge >= 0.3 is 0 Å². The maximum atomic E-state index is 12.6. The van der Waals surface area contributed by atoms with Gasteiger partial charge in [-0.3, -0.25) is 19.7 Å². The van der Waals surface area contributed by atoms with Crippen molar-refractivity contribution in [2.45, 2.75) is 25.5 Å². The van der Waals surface area contributed by atoms with Gasteiger partial charge in [-0.15, -0.1) is 0 Å². The summed E-state index contributed by atoms with van der Waals surface area (Å²) < 4.78 is 0. The van der Waals surface area contributed by atoms with Crippen molar-refractivity contribution in [3.8, 4) is 0 Å². The first kappa shape index (κ1) is 17.6. The molecular formula is C21H22N4O2. The van der Waals surface area contributed by atoms with Crippen LogP contribution in [0.2, 0.25) is 0 Å². The van der Waals surface area contributed by atoms with Gasteiger partial charge in [-0.1, -0.05) is 12.1 Å². The standard InChI is InChI=1S/C21H22N4O2/c26-18-5-2-10-25(14-18)13-15-3-1-4-16(11-15)21(27)24-17-6-7-19-20(12-17)23-9-8-22-19/h1,3-4,6-9,11-12,18,26H,2,5,10,13-14H2,(H,24,27)/t18-/m0/s1. The van der Waals surface area contributed by atoms with Crippen LogP contribution in [0.1, 0.15) is 28.8 Å². The average Bonchev–Trinajstić information content (AvgIpc) is 2.68. The number of nitrogens with one attached hydrogen (secondary N) is 1. The maximum absolute atomic E-state index is 12.6. The van der Waals surface area contributed by atoms with Crippen LogP contribution in [0.25, 0.3) is 11.0 Å². The van der Waals surface area contributed by atoms with E-state index in [1.54, 1.807) is 12.4 Å². The molecule has 1 amide bonds. The van der Waals surface area contributed by atoms with Crippen LogP contribution in [-0.4, -0.2) is 45.1 Å². The van der Waals surface area contributed by atoms with Crippen molar-refractivity contribution in [3.05, 3.63) is 66.0 Å². The first-order chi connectivity index (χ1) is 13.2. The molecule has 1 aliphatic heterocycles. The second-order valence-electron chi connectivity index (χ2n) is 6.95. The second kappa shape index (κ2) is 7.82. The molecule has 1 saturated heterocycles. The molecule has 0 saturated carbocycles. The van der Waals surface area contributed by atoms with Gasteiger partial charge in [0.05, 0.1) is 17.1 Å². The predicted octanol–water partition coefficient (Wildman–Crippen LogP) is 2.84. The van der Waals surface area contributed by atoms with E-state index < -0.39 is 0 Å². The summed E-state index contributed by atoms with van der Waals surface area (Å²) in [5.41, 5.74) is 3.91. The molecule has 6 nitrogen and oxygen atoms in total. The molecule has 1 atom stereocenters. The summed E-state index contributed by atoms with van der Waals surface area (Å²) >= 11 is 0. The van der Waals surface area contributed by atoms with Crippen molar-refractivity contribution in [2.75, 3.05) is 18.4 Å². The van der Waals surface area contributed by atoms with Gasteiger partial charge in [-0.05, 0) is 55.3 Å². The summed E-state index contributed by atoms with van der Waals surface area (Å²) in [5.74, 6) is -0.154. The minimum atomic E-state index is -0.249. The Labute approximate surface area is 157 Å². The molecule has 1 aliphatic rings. The summed E-state index contributed by atoms with van der Waals surface area (Å²) in [6, 6.07) is 13.1. The van der Waals surface area contributed by atoms with E-state index in [-0.39, 0.29) is 12.0 Å². The monoisotopic (exact) mass is 362 g/mol. The Bertz CT molecular complexity index is 960. The van der Waals surface area contributed by atoms with Crippen molar-refractivity contribution in [3.63, 3.8) is 0 Å². The maximum Gasteiger partial charge on any atom is 0.255 e. The molecule has 0 spiro atoms. The number of aromatic nitrogens is 2. The fourth-order valence-corrected chi connectivity index (χ4v) is 3.49. The van der Waals surface area contributed by atoms with E-state index >= 15 is 0 Å². The molecular weight excluding hydrogens is 340 g/mol. The number of aliphatic hydroxyl groups is 1. The number of rotatable bonds is 4. The number of carbonyl (C=O) groups excluding carboxylic acids is 1. The first-order valence-electron chi connectivity index (χ1n) is 9.19. The number of fused-ring (bicyclic) bond motifs is 1. The number of benzene rings is 2. The zero-order chi connectivity index (χ0) is 18.6. The van der Waals surface area contributed by atoms with Crippen molar-refractivity contribution in [1.29, 1.82) is 0 Å². The van der Waals surface area contributed by atoms with E-state index in [4.69, 9.17) is 0 Å². The number of hydrogen-bond acceptors (Lipinski definition) is 5. The van der Waals surface area contributed by atoms with Crippen LogP contribution in [0.3, 0.4) is 0 Å². The Hall–Kier alpha value is -2.83. The predicted molar refractivity (Wildman–Crippen MR) is 104 cm³/mol. The summed E-state index contributed by atoms with van der Waals surface area (Å²) in [6.07, 6.45) is 4.91. The van der Waals surface area contributed by atoms with Crippen LogP contribution in [0.5, 0.6) is 0 Å². The molecule has 138 valence electrons. The molecule has 6 heteroatoms. The molecule has 1 aromatic heterocycles. The van der Waals surface area contributed by atoms with Crippen LogP contribution in [-0.2, 0) is 6.54 Å². The molecule has 1 fully saturated rings. The number of piperidine rings is 1. The van der Waals surface area contributed by atoms with Gasteiger partial charge in [0.15, 0.2) is 0 Å². The van der Waals surface area contributed by atoms with Crippen molar-refractivity contribution in [2.24, 2.45) is 0 Å². The lowest BCUT2D eigenvalue weighted by atomic mass is 10.1. The summed E-state index contributed by atoms with van der Waals surface area (Å²) in [6.45, 7) is 2.41. The number of β-amino-alcohol motifs (C(OH)–C–C–N with tert-alkyl or cyclic N) is 1. The lowest BCUT2D eigenvalue weighted by Crippen LogP contribution is -2.37. The van der Waals surface area contributed by atoms with Gasteiger partial charge in [0.1, 0.15) is 0 Å². The zero-order valence-electron chi connectivity index (χ0n) is 15.0. The molecule has 2 N–H and O–H groups in total. The zero-order valence-corrected chi connectivity index (χ0v) is 15.0. The Kier molecular flexibility index (Phi) is 5.09. The van der Waals surface area contributed by atoms with Crippen LogP contribution >= 0.6 is 0 Å². The van der Waals surface area contributed by atoms with E-state index in [1.165, 1.54) is 0 Å². The van der Waals surface area contributed by atoms with Crippen LogP contribution in [0.4, 0.5) is 5.69 Å². The molecule has 2 aromatic carbocycles. The van der Waals surface area contributed by atoms with E-state index in [0.29, 0.717) is 17.8 Å². The normalized spacial score (nSPS) is 17.7. The first-order valence-corrected chi connectivity index (χ1v) is 9.19. The highest BCUT2D eigenvalue weighted by molar-refractivity contribution is 6.05. The smallest absolute Gasteiger partial charge is 0.255 e. The number of amides is 1. The highest BCUT2D eigenvalue weighted by Crippen LogP contribution is 2.18. The van der Waals surface area contributed by atoms with E-state index in [1.807, 2.05) is 42.5 Å². The molecule has 3 aromatic rings. The molecule has 27 heavy (non-hydrogen) atoms. The minimum Gasteiger partial charge on any atom is -0.392 e. The van der Waals surface area contributed by atoms with E-state index in [9.17, 15) is 9.90 Å². The van der Waals surface area contributed by atoms with Crippen LogP contribution in [0, 0.1) is 0 Å². The molecule has 0 unspecified atom stereocenters. The van der Waals surface area contributed by atoms with Crippen LogP contribution in [0.15, 0.2) is 54.9 Å². The summed E-state index contributed by atoms with van der Waals surface area (Å²) in [4.78, 5) is 23.4. The van der Waals surface area contributed by atoms with E-state index in [0.717, 1.165) is 42.5 Å². The number of nitrogens with zero attached hydrogens (tertiary/aromatic N) is 3. The highest BCUT2D eigenvalue weighted by Gasteiger charge is 2.18. The fourth-order valence-electron chi connectivity index (χ4n) is 3.49. The third kappa shape index (κ3) is 4.30. The Morgan fingerprint density at radius 2 is 2.00 bits per heavy atom. The van der Waals surface area contributed by atoms with Gasteiger partial charge < -0.3 is 10.4 Å².